The van der Waals surface area contributed by atoms with Gasteiger partial charge in [0.05, 0.1) is 9.38 Å². The highest BCUT2D eigenvalue weighted by atomic mass is 79.9. The van der Waals surface area contributed by atoms with Crippen molar-refractivity contribution in [1.29, 1.82) is 5.26 Å². The average Bonchev–Trinajstić information content (AvgIpc) is 2.96. The van der Waals surface area contributed by atoms with E-state index in [4.69, 9.17) is 21.6 Å². The van der Waals surface area contributed by atoms with E-state index < -0.39 is 0 Å². The number of benzene rings is 2. The van der Waals surface area contributed by atoms with Gasteiger partial charge in [0.15, 0.2) is 12.1 Å². The molecule has 1 unspecified atom stereocenters. The number of anilines is 1. The van der Waals surface area contributed by atoms with Crippen LogP contribution in [0.5, 0.6) is 5.75 Å². The number of rotatable bonds is 5. The largest absolute Gasteiger partial charge is 0.478 e. The van der Waals surface area contributed by atoms with Crippen LogP contribution in [0.2, 0.25) is 5.02 Å². The molecule has 27 heavy (non-hydrogen) atoms. The van der Waals surface area contributed by atoms with E-state index in [1.807, 2.05) is 49.4 Å². The maximum absolute atomic E-state index is 12.3. The Morgan fingerprint density at radius 1 is 1.41 bits per heavy atom. The number of hydrogen-bond acceptors (Lipinski definition) is 5. The molecule has 1 atom stereocenters. The number of nitrogens with zero attached hydrogens (tertiary/aromatic N) is 1. The number of carbonyl (C=O) groups is 1. The monoisotopic (exact) mass is 463 g/mol. The van der Waals surface area contributed by atoms with Crippen LogP contribution in [0.3, 0.4) is 0 Å². The molecule has 2 aromatic carbocycles. The van der Waals surface area contributed by atoms with Gasteiger partial charge in [-0.15, -0.1) is 0 Å². The van der Waals surface area contributed by atoms with Crippen molar-refractivity contribution in [2.45, 2.75) is 12.4 Å². The number of amides is 1. The molecule has 2 N–H and O–H groups in total. The first-order chi connectivity index (χ1) is 13.0. The summed E-state index contributed by atoms with van der Waals surface area (Å²) in [6.45, 7) is 1.94. The molecule has 5 nitrogen and oxygen atoms in total. The molecular weight excluding hydrogens is 450 g/mol. The Labute approximate surface area is 174 Å². The first-order valence-electron chi connectivity index (χ1n) is 7.97. The molecule has 1 aliphatic rings. The molecule has 1 aliphatic heterocycles. The average molecular weight is 465 g/mol. The fraction of sp³-hybridized carbons (Fsp3) is 0.158. The highest BCUT2D eigenvalue weighted by Crippen LogP contribution is 2.33. The van der Waals surface area contributed by atoms with Gasteiger partial charge in [-0.05, 0) is 70.4 Å². The van der Waals surface area contributed by atoms with Crippen LogP contribution >= 0.6 is 39.3 Å². The Bertz CT molecular complexity index is 958. The van der Waals surface area contributed by atoms with Crippen molar-refractivity contribution >= 4 is 57.0 Å². The number of thioether (sulfide) groups is 1. The Morgan fingerprint density at radius 3 is 2.93 bits per heavy atom. The molecule has 0 aliphatic carbocycles. The van der Waals surface area contributed by atoms with E-state index >= 15 is 0 Å². The number of ether oxygens (including phenoxy) is 1. The van der Waals surface area contributed by atoms with Crippen molar-refractivity contribution in [1.82, 2.24) is 5.32 Å². The zero-order valence-corrected chi connectivity index (χ0v) is 17.4. The summed E-state index contributed by atoms with van der Waals surface area (Å²) < 4.78 is 6.03. The van der Waals surface area contributed by atoms with Crippen molar-refractivity contribution in [2.75, 3.05) is 11.9 Å². The van der Waals surface area contributed by atoms with Crippen LogP contribution in [0.15, 0.2) is 45.8 Å². The van der Waals surface area contributed by atoms with Crippen molar-refractivity contribution < 1.29 is 9.53 Å². The van der Waals surface area contributed by atoms with Gasteiger partial charge < -0.3 is 15.4 Å². The molecular formula is C19H15BrClN3O2S. The predicted octanol–water partition coefficient (Wildman–Crippen LogP) is 4.91. The number of hydrogen-bond donors (Lipinski definition) is 2. The van der Waals surface area contributed by atoms with Gasteiger partial charge in [-0.2, -0.15) is 5.26 Å². The van der Waals surface area contributed by atoms with Gasteiger partial charge in [-0.25, -0.2) is 0 Å². The number of nitriles is 1. The number of aryl methyl sites for hydroxylation is 1. The fourth-order valence-corrected chi connectivity index (χ4v) is 4.19. The molecule has 2 aromatic rings. The second-order valence-corrected chi connectivity index (χ2v) is 8.16. The molecule has 1 amide bonds. The summed E-state index contributed by atoms with van der Waals surface area (Å²) in [6, 6.07) is 12.9. The number of halogens is 2. The van der Waals surface area contributed by atoms with Gasteiger partial charge >= 0.3 is 0 Å². The second kappa shape index (κ2) is 8.70. The normalized spacial score (nSPS) is 17.5. The smallest absolute Gasteiger partial charge is 0.260 e. The number of nitrogens with one attached hydrogen (secondary N) is 2. The van der Waals surface area contributed by atoms with E-state index in [0.29, 0.717) is 15.7 Å². The minimum absolute atomic E-state index is 0.0191. The van der Waals surface area contributed by atoms with Gasteiger partial charge in [-0.3, -0.25) is 4.79 Å². The van der Waals surface area contributed by atoms with Crippen LogP contribution in [0.25, 0.3) is 6.08 Å². The maximum atomic E-state index is 12.3. The van der Waals surface area contributed by atoms with E-state index in [2.05, 4.69) is 26.6 Å². The summed E-state index contributed by atoms with van der Waals surface area (Å²) in [5, 5.41) is 15.5. The van der Waals surface area contributed by atoms with E-state index in [0.717, 1.165) is 21.3 Å². The summed E-state index contributed by atoms with van der Waals surface area (Å²) >= 11 is 10.8. The molecule has 3 rings (SSSR count). The first-order valence-corrected chi connectivity index (χ1v) is 10.0. The molecule has 138 valence electrons. The van der Waals surface area contributed by atoms with Crippen LogP contribution < -0.4 is 15.4 Å². The molecule has 0 spiro atoms. The zero-order valence-electron chi connectivity index (χ0n) is 14.3. The topological polar surface area (TPSA) is 74.2 Å². The summed E-state index contributed by atoms with van der Waals surface area (Å²) in [7, 11) is 0. The standard InChI is InChI=1S/C19H15BrClN3O2S/c1-11-8-13(21)3-4-15(11)23-19-24-18(25)17(27-19)10-12-2-5-16(14(20)9-12)26-7-6-22/h2-5,8-10,19,23H,7H2,1H3,(H,24,25)/b17-10-. The molecule has 0 aromatic heterocycles. The Morgan fingerprint density at radius 2 is 2.22 bits per heavy atom. The van der Waals surface area contributed by atoms with Gasteiger partial charge in [0.1, 0.15) is 11.8 Å². The third-order valence-electron chi connectivity index (χ3n) is 3.75. The SMILES string of the molecule is Cc1cc(Cl)ccc1NC1NC(=O)/C(=C/c2ccc(OCC#N)c(Br)c2)S1. The molecule has 0 bridgehead atoms. The second-order valence-electron chi connectivity index (χ2n) is 5.72. The Kier molecular flexibility index (Phi) is 6.32. The van der Waals surface area contributed by atoms with Crippen LogP contribution in [-0.4, -0.2) is 18.0 Å². The third kappa shape index (κ3) is 4.98. The van der Waals surface area contributed by atoms with Gasteiger partial charge in [0, 0.05) is 10.7 Å². The van der Waals surface area contributed by atoms with Crippen molar-refractivity contribution in [2.24, 2.45) is 0 Å². The van der Waals surface area contributed by atoms with Crippen molar-refractivity contribution in [3.8, 4) is 11.8 Å². The molecule has 8 heteroatoms. The highest BCUT2D eigenvalue weighted by Gasteiger charge is 2.27. The molecule has 0 radical (unpaired) electrons. The molecule has 1 heterocycles. The van der Waals surface area contributed by atoms with E-state index in [-0.39, 0.29) is 18.0 Å². The van der Waals surface area contributed by atoms with Gasteiger partial charge in [0.2, 0.25) is 0 Å². The lowest BCUT2D eigenvalue weighted by Gasteiger charge is -2.15. The zero-order chi connectivity index (χ0) is 19.4. The van der Waals surface area contributed by atoms with Crippen LogP contribution in [-0.2, 0) is 4.79 Å². The van der Waals surface area contributed by atoms with E-state index in [9.17, 15) is 4.79 Å². The molecule has 0 saturated carbocycles. The molecule has 1 fully saturated rings. The highest BCUT2D eigenvalue weighted by molar-refractivity contribution is 9.10. The predicted molar refractivity (Wildman–Crippen MR) is 113 cm³/mol. The quantitative estimate of drug-likeness (QED) is 0.615. The minimum Gasteiger partial charge on any atom is -0.478 e. The minimum atomic E-state index is -0.259. The van der Waals surface area contributed by atoms with Gasteiger partial charge in [-0.1, -0.05) is 29.4 Å². The van der Waals surface area contributed by atoms with Crippen molar-refractivity contribution in [3.63, 3.8) is 0 Å². The molecule has 1 saturated heterocycles. The van der Waals surface area contributed by atoms with Crippen LogP contribution in [0.4, 0.5) is 5.69 Å². The Hall–Kier alpha value is -2.14. The van der Waals surface area contributed by atoms with Gasteiger partial charge in [0.25, 0.3) is 5.91 Å². The third-order valence-corrected chi connectivity index (χ3v) is 5.64. The van der Waals surface area contributed by atoms with Crippen molar-refractivity contribution in [3.05, 3.63) is 61.9 Å². The maximum Gasteiger partial charge on any atom is 0.260 e. The van der Waals surface area contributed by atoms with Crippen LogP contribution in [0.1, 0.15) is 11.1 Å². The summed E-state index contributed by atoms with van der Waals surface area (Å²) in [5.41, 5.74) is 2.52. The summed E-state index contributed by atoms with van der Waals surface area (Å²) in [5.74, 6) is 0.449. The summed E-state index contributed by atoms with van der Waals surface area (Å²) in [4.78, 5) is 12.9. The first kappa shape index (κ1) is 19.6. The fourth-order valence-electron chi connectivity index (χ4n) is 2.48. The Balaban J connectivity index is 1.71. The number of carbonyl (C=O) groups excluding carboxylic acids is 1. The van der Waals surface area contributed by atoms with E-state index in [1.54, 1.807) is 6.07 Å². The lowest BCUT2D eigenvalue weighted by Crippen LogP contribution is -2.31. The van der Waals surface area contributed by atoms with E-state index in [1.165, 1.54) is 11.8 Å². The summed E-state index contributed by atoms with van der Waals surface area (Å²) in [6.07, 6.45) is 1.81. The lowest BCUT2D eigenvalue weighted by atomic mass is 10.2. The lowest BCUT2D eigenvalue weighted by molar-refractivity contribution is -0.116. The van der Waals surface area contributed by atoms with Crippen LogP contribution in [0, 0.1) is 18.3 Å².